The predicted molar refractivity (Wildman–Crippen MR) is 86.5 cm³/mol. The standard InChI is InChI=1S/C17H15N3OS/c1-21-15-8-7-14-16(20-15)18-10-19-17(14)22-13-6-5-11-3-2-4-12(11)9-13/h5-10H,2-4H2,1H3. The van der Waals surface area contributed by atoms with Crippen molar-refractivity contribution >= 4 is 22.8 Å². The predicted octanol–water partition coefficient (Wildman–Crippen LogP) is 3.67. The maximum atomic E-state index is 5.15. The summed E-state index contributed by atoms with van der Waals surface area (Å²) in [6.07, 6.45) is 5.22. The zero-order chi connectivity index (χ0) is 14.9. The molecular weight excluding hydrogens is 294 g/mol. The van der Waals surface area contributed by atoms with Crippen LogP contribution in [-0.4, -0.2) is 22.1 Å². The van der Waals surface area contributed by atoms with Gasteiger partial charge in [-0.1, -0.05) is 17.8 Å². The van der Waals surface area contributed by atoms with E-state index >= 15 is 0 Å². The van der Waals surface area contributed by atoms with Gasteiger partial charge < -0.3 is 4.74 Å². The number of rotatable bonds is 3. The van der Waals surface area contributed by atoms with E-state index in [-0.39, 0.29) is 0 Å². The molecule has 110 valence electrons. The van der Waals surface area contributed by atoms with Gasteiger partial charge in [-0.15, -0.1) is 0 Å². The molecule has 0 aliphatic heterocycles. The summed E-state index contributed by atoms with van der Waals surface area (Å²) in [6, 6.07) is 10.5. The van der Waals surface area contributed by atoms with Crippen LogP contribution < -0.4 is 4.74 Å². The Balaban J connectivity index is 1.72. The number of pyridine rings is 1. The molecule has 4 nitrogen and oxygen atoms in total. The third-order valence-electron chi connectivity index (χ3n) is 3.93. The van der Waals surface area contributed by atoms with Crippen LogP contribution in [0.25, 0.3) is 11.0 Å². The highest BCUT2D eigenvalue weighted by Gasteiger charge is 2.13. The zero-order valence-corrected chi connectivity index (χ0v) is 13.1. The Bertz CT molecular complexity index is 850. The summed E-state index contributed by atoms with van der Waals surface area (Å²) in [4.78, 5) is 14.2. The van der Waals surface area contributed by atoms with Gasteiger partial charge in [0, 0.05) is 11.0 Å². The fraction of sp³-hybridized carbons (Fsp3) is 0.235. The highest BCUT2D eigenvalue weighted by atomic mass is 32.2. The molecule has 2 aromatic heterocycles. The molecule has 2 heterocycles. The maximum Gasteiger partial charge on any atom is 0.215 e. The quantitative estimate of drug-likeness (QED) is 0.691. The number of aromatic nitrogens is 3. The normalized spacial score (nSPS) is 13.3. The fourth-order valence-corrected chi connectivity index (χ4v) is 3.75. The van der Waals surface area contributed by atoms with Crippen molar-refractivity contribution in [1.82, 2.24) is 15.0 Å². The zero-order valence-electron chi connectivity index (χ0n) is 12.2. The molecule has 22 heavy (non-hydrogen) atoms. The van der Waals surface area contributed by atoms with E-state index in [0.29, 0.717) is 11.5 Å². The molecule has 0 fully saturated rings. The van der Waals surface area contributed by atoms with Gasteiger partial charge in [-0.3, -0.25) is 0 Å². The van der Waals surface area contributed by atoms with Crippen molar-refractivity contribution in [2.45, 2.75) is 29.2 Å². The molecule has 4 rings (SSSR count). The monoisotopic (exact) mass is 309 g/mol. The van der Waals surface area contributed by atoms with Crippen LogP contribution >= 0.6 is 11.8 Å². The fourth-order valence-electron chi connectivity index (χ4n) is 2.82. The van der Waals surface area contributed by atoms with E-state index < -0.39 is 0 Å². The van der Waals surface area contributed by atoms with Crippen molar-refractivity contribution in [3.05, 3.63) is 47.8 Å². The topological polar surface area (TPSA) is 47.9 Å². The van der Waals surface area contributed by atoms with E-state index in [1.807, 2.05) is 12.1 Å². The minimum Gasteiger partial charge on any atom is -0.481 e. The number of benzene rings is 1. The van der Waals surface area contributed by atoms with E-state index in [4.69, 9.17) is 4.74 Å². The lowest BCUT2D eigenvalue weighted by molar-refractivity contribution is 0.399. The van der Waals surface area contributed by atoms with Crippen LogP contribution in [0, 0.1) is 0 Å². The van der Waals surface area contributed by atoms with Gasteiger partial charge in [-0.2, -0.15) is 4.98 Å². The van der Waals surface area contributed by atoms with E-state index in [2.05, 4.69) is 33.2 Å². The molecule has 0 unspecified atom stereocenters. The smallest absolute Gasteiger partial charge is 0.215 e. The molecule has 0 atom stereocenters. The molecule has 0 saturated heterocycles. The average Bonchev–Trinajstić information content (AvgIpc) is 3.02. The molecule has 1 aromatic carbocycles. The summed E-state index contributed by atoms with van der Waals surface area (Å²) in [7, 11) is 1.61. The largest absolute Gasteiger partial charge is 0.481 e. The van der Waals surface area contributed by atoms with E-state index in [9.17, 15) is 0 Å². The first kappa shape index (κ1) is 13.5. The Hall–Kier alpha value is -2.14. The van der Waals surface area contributed by atoms with Crippen molar-refractivity contribution in [1.29, 1.82) is 0 Å². The van der Waals surface area contributed by atoms with Crippen molar-refractivity contribution in [2.24, 2.45) is 0 Å². The Morgan fingerprint density at radius 3 is 2.86 bits per heavy atom. The van der Waals surface area contributed by atoms with Crippen LogP contribution in [0.3, 0.4) is 0 Å². The van der Waals surface area contributed by atoms with Gasteiger partial charge in [0.25, 0.3) is 0 Å². The van der Waals surface area contributed by atoms with Crippen molar-refractivity contribution in [3.63, 3.8) is 0 Å². The summed E-state index contributed by atoms with van der Waals surface area (Å²) in [5, 5.41) is 1.88. The van der Waals surface area contributed by atoms with Gasteiger partial charge in [-0.25, -0.2) is 9.97 Å². The van der Waals surface area contributed by atoms with Gasteiger partial charge in [0.1, 0.15) is 11.4 Å². The molecule has 0 radical (unpaired) electrons. The third-order valence-corrected chi connectivity index (χ3v) is 4.94. The molecule has 3 aromatic rings. The summed E-state index contributed by atoms with van der Waals surface area (Å²) in [6.45, 7) is 0. The molecular formula is C17H15N3OS. The lowest BCUT2D eigenvalue weighted by atomic mass is 10.1. The molecule has 1 aliphatic carbocycles. The van der Waals surface area contributed by atoms with Gasteiger partial charge in [-0.05, 0) is 48.6 Å². The average molecular weight is 309 g/mol. The molecule has 0 spiro atoms. The van der Waals surface area contributed by atoms with Crippen LogP contribution in [0.5, 0.6) is 5.88 Å². The van der Waals surface area contributed by atoms with Crippen LogP contribution in [0.15, 0.2) is 46.6 Å². The van der Waals surface area contributed by atoms with Crippen molar-refractivity contribution in [2.75, 3.05) is 7.11 Å². The molecule has 0 saturated carbocycles. The van der Waals surface area contributed by atoms with Crippen LogP contribution in [0.1, 0.15) is 17.5 Å². The number of fused-ring (bicyclic) bond motifs is 2. The SMILES string of the molecule is COc1ccc2c(Sc3ccc4c(c3)CCC4)ncnc2n1. The molecule has 0 bridgehead atoms. The first-order valence-electron chi connectivity index (χ1n) is 7.29. The van der Waals surface area contributed by atoms with Gasteiger partial charge in [0.05, 0.1) is 12.5 Å². The van der Waals surface area contributed by atoms with Gasteiger partial charge >= 0.3 is 0 Å². The van der Waals surface area contributed by atoms with Crippen molar-refractivity contribution < 1.29 is 4.74 Å². The summed E-state index contributed by atoms with van der Waals surface area (Å²) >= 11 is 1.66. The minimum absolute atomic E-state index is 0.569. The number of aryl methyl sites for hydroxylation is 2. The van der Waals surface area contributed by atoms with E-state index in [1.54, 1.807) is 25.2 Å². The summed E-state index contributed by atoms with van der Waals surface area (Å²) in [5.74, 6) is 0.569. The number of hydrogen-bond donors (Lipinski definition) is 0. The summed E-state index contributed by atoms with van der Waals surface area (Å²) in [5.41, 5.74) is 3.63. The van der Waals surface area contributed by atoms with E-state index in [0.717, 1.165) is 10.4 Å². The van der Waals surface area contributed by atoms with Crippen molar-refractivity contribution in [3.8, 4) is 5.88 Å². The molecule has 0 N–H and O–H groups in total. The lowest BCUT2D eigenvalue weighted by Crippen LogP contribution is -1.93. The second-order valence-electron chi connectivity index (χ2n) is 5.29. The first-order valence-corrected chi connectivity index (χ1v) is 8.10. The highest BCUT2D eigenvalue weighted by molar-refractivity contribution is 7.99. The Kier molecular flexibility index (Phi) is 3.42. The third kappa shape index (κ3) is 2.41. The molecule has 5 heteroatoms. The van der Waals surface area contributed by atoms with Crippen LogP contribution in [-0.2, 0) is 12.8 Å². The Morgan fingerprint density at radius 2 is 1.95 bits per heavy atom. The second-order valence-corrected chi connectivity index (χ2v) is 6.35. The number of methoxy groups -OCH3 is 1. The number of ether oxygens (including phenoxy) is 1. The summed E-state index contributed by atoms with van der Waals surface area (Å²) < 4.78 is 5.15. The Labute approximate surface area is 133 Å². The van der Waals surface area contributed by atoms with Crippen LogP contribution in [0.2, 0.25) is 0 Å². The molecule has 1 aliphatic rings. The maximum absolute atomic E-state index is 5.15. The van der Waals surface area contributed by atoms with Gasteiger partial charge in [0.2, 0.25) is 5.88 Å². The second kappa shape index (κ2) is 5.57. The number of hydrogen-bond acceptors (Lipinski definition) is 5. The first-order chi connectivity index (χ1) is 10.8. The van der Waals surface area contributed by atoms with Gasteiger partial charge in [0.15, 0.2) is 5.65 Å². The van der Waals surface area contributed by atoms with E-state index in [1.165, 1.54) is 35.3 Å². The minimum atomic E-state index is 0.569. The van der Waals surface area contributed by atoms with Crippen LogP contribution in [0.4, 0.5) is 0 Å². The highest BCUT2D eigenvalue weighted by Crippen LogP contribution is 2.34. The lowest BCUT2D eigenvalue weighted by Gasteiger charge is -2.07. The molecule has 0 amide bonds. The Morgan fingerprint density at radius 1 is 1.05 bits per heavy atom. The number of nitrogens with zero attached hydrogens (tertiary/aromatic N) is 3.